The van der Waals surface area contributed by atoms with E-state index in [0.29, 0.717) is 0 Å². The summed E-state index contributed by atoms with van der Waals surface area (Å²) in [5.41, 5.74) is 0. The molecule has 0 amide bonds. The number of rotatable bonds is 7. The molecule has 1 N–H and O–H groups in total. The summed E-state index contributed by atoms with van der Waals surface area (Å²) in [6.45, 7) is 4.17. The zero-order chi connectivity index (χ0) is 9.94. The highest BCUT2D eigenvalue weighted by molar-refractivity contribution is 5.03. The van der Waals surface area contributed by atoms with Gasteiger partial charge in [0.2, 0.25) is 0 Å². The summed E-state index contributed by atoms with van der Waals surface area (Å²) >= 11 is 0. The van der Waals surface area contributed by atoms with Crippen molar-refractivity contribution in [1.29, 1.82) is 0 Å². The second-order valence-corrected chi connectivity index (χ2v) is 3.33. The lowest BCUT2D eigenvalue weighted by Gasteiger charge is -2.03. The van der Waals surface area contributed by atoms with Gasteiger partial charge in [-0.05, 0) is 13.3 Å². The minimum Gasteiger partial charge on any atom is -0.389 e. The van der Waals surface area contributed by atoms with Crippen LogP contribution in [0, 0.1) is 0 Å². The molecule has 0 aliphatic heterocycles. The monoisotopic (exact) mass is 182 g/mol. The first-order chi connectivity index (χ1) is 6.31. The molecule has 0 rings (SSSR count). The normalized spacial score (nSPS) is 14.4. The van der Waals surface area contributed by atoms with E-state index in [0.717, 1.165) is 12.8 Å². The zero-order valence-corrected chi connectivity index (χ0v) is 8.87. The molecule has 1 atom stereocenters. The molecule has 0 aliphatic carbocycles. The van der Waals surface area contributed by atoms with Gasteiger partial charge < -0.3 is 5.11 Å². The lowest BCUT2D eigenvalue weighted by molar-refractivity contribution is 0.208. The Balaban J connectivity index is 3.34. The first-order valence-corrected chi connectivity index (χ1v) is 5.28. The molecule has 13 heavy (non-hydrogen) atoms. The number of allylic oxidation sites excluding steroid dienone is 3. The molecule has 0 aromatic rings. The Bertz CT molecular complexity index is 147. The molecule has 1 nitrogen and oxygen atoms in total. The Morgan fingerprint density at radius 2 is 1.92 bits per heavy atom. The van der Waals surface area contributed by atoms with Crippen LogP contribution >= 0.6 is 0 Å². The van der Waals surface area contributed by atoms with Gasteiger partial charge in [-0.2, -0.15) is 0 Å². The highest BCUT2D eigenvalue weighted by Crippen LogP contribution is 2.06. The van der Waals surface area contributed by atoms with Crippen molar-refractivity contribution < 1.29 is 5.11 Å². The molecule has 0 aliphatic rings. The third kappa shape index (κ3) is 9.35. The maximum Gasteiger partial charge on any atom is 0.0723 e. The van der Waals surface area contributed by atoms with Crippen molar-refractivity contribution in [2.75, 3.05) is 0 Å². The van der Waals surface area contributed by atoms with Crippen molar-refractivity contribution in [2.24, 2.45) is 0 Å². The predicted octanol–water partition coefficient (Wildman–Crippen LogP) is 3.45. The van der Waals surface area contributed by atoms with Gasteiger partial charge in [-0.15, -0.1) is 0 Å². The summed E-state index contributed by atoms with van der Waals surface area (Å²) in [5, 5.41) is 9.45. The molecule has 0 bridgehead atoms. The van der Waals surface area contributed by atoms with Gasteiger partial charge in [0.15, 0.2) is 0 Å². The van der Waals surface area contributed by atoms with Gasteiger partial charge in [-0.3, -0.25) is 0 Å². The Morgan fingerprint density at radius 3 is 2.54 bits per heavy atom. The van der Waals surface area contributed by atoms with Crippen LogP contribution in [0.1, 0.15) is 46.0 Å². The number of hydrogen-bond donors (Lipinski definition) is 1. The van der Waals surface area contributed by atoms with E-state index in [-0.39, 0.29) is 6.10 Å². The molecular weight excluding hydrogens is 160 g/mol. The average Bonchev–Trinajstić information content (AvgIpc) is 2.13. The number of unbranched alkanes of at least 4 members (excludes halogenated alkanes) is 3. The van der Waals surface area contributed by atoms with Crippen molar-refractivity contribution in [3.63, 3.8) is 0 Å². The van der Waals surface area contributed by atoms with Gasteiger partial charge in [-0.25, -0.2) is 0 Å². The predicted molar refractivity (Wildman–Crippen MR) is 58.7 cm³/mol. The fourth-order valence-corrected chi connectivity index (χ4v) is 1.18. The number of hydrogen-bond acceptors (Lipinski definition) is 1. The molecule has 0 fully saturated rings. The second kappa shape index (κ2) is 9.53. The Morgan fingerprint density at radius 1 is 1.15 bits per heavy atom. The molecule has 1 heteroatoms. The van der Waals surface area contributed by atoms with E-state index in [1.807, 2.05) is 31.2 Å². The smallest absolute Gasteiger partial charge is 0.0723 e. The van der Waals surface area contributed by atoms with E-state index in [1.54, 1.807) is 0 Å². The fourth-order valence-electron chi connectivity index (χ4n) is 1.18. The molecule has 0 saturated carbocycles. The first-order valence-electron chi connectivity index (χ1n) is 5.28. The molecule has 0 spiro atoms. The topological polar surface area (TPSA) is 20.2 Å². The quantitative estimate of drug-likeness (QED) is 0.472. The number of aliphatic hydroxyl groups is 1. The van der Waals surface area contributed by atoms with Crippen LogP contribution in [0.15, 0.2) is 24.3 Å². The number of aliphatic hydroxyl groups excluding tert-OH is 1. The molecule has 0 aromatic carbocycles. The third-order valence-corrected chi connectivity index (χ3v) is 1.99. The maximum absolute atomic E-state index is 9.45. The summed E-state index contributed by atoms with van der Waals surface area (Å²) in [7, 11) is 0. The van der Waals surface area contributed by atoms with Crippen LogP contribution in [-0.2, 0) is 0 Å². The van der Waals surface area contributed by atoms with Gasteiger partial charge in [0.1, 0.15) is 0 Å². The van der Waals surface area contributed by atoms with Crippen molar-refractivity contribution in [3.05, 3.63) is 24.3 Å². The van der Waals surface area contributed by atoms with Crippen molar-refractivity contribution in [1.82, 2.24) is 0 Å². The van der Waals surface area contributed by atoms with Crippen molar-refractivity contribution in [2.45, 2.75) is 52.1 Å². The summed E-state index contributed by atoms with van der Waals surface area (Å²) < 4.78 is 0. The van der Waals surface area contributed by atoms with E-state index < -0.39 is 0 Å². The third-order valence-electron chi connectivity index (χ3n) is 1.99. The van der Waals surface area contributed by atoms with E-state index in [4.69, 9.17) is 0 Å². The molecule has 76 valence electrons. The molecule has 0 saturated heterocycles. The SMILES string of the molecule is C/C=C/C=C/C(O)CCCCCC. The summed E-state index contributed by atoms with van der Waals surface area (Å²) in [6.07, 6.45) is 13.2. The van der Waals surface area contributed by atoms with Crippen LogP contribution in [-0.4, -0.2) is 11.2 Å². The zero-order valence-electron chi connectivity index (χ0n) is 8.87. The van der Waals surface area contributed by atoms with Crippen LogP contribution in [0.2, 0.25) is 0 Å². The van der Waals surface area contributed by atoms with Crippen LogP contribution in [0.25, 0.3) is 0 Å². The first kappa shape index (κ1) is 12.4. The second-order valence-electron chi connectivity index (χ2n) is 3.33. The van der Waals surface area contributed by atoms with Gasteiger partial charge in [0.25, 0.3) is 0 Å². The minimum atomic E-state index is -0.256. The van der Waals surface area contributed by atoms with Crippen LogP contribution in [0.4, 0.5) is 0 Å². The lowest BCUT2D eigenvalue weighted by atomic mass is 10.1. The molecule has 0 radical (unpaired) electrons. The van der Waals surface area contributed by atoms with Crippen molar-refractivity contribution >= 4 is 0 Å². The Kier molecular flexibility index (Phi) is 9.12. The summed E-state index contributed by atoms with van der Waals surface area (Å²) in [4.78, 5) is 0. The highest BCUT2D eigenvalue weighted by atomic mass is 16.3. The molecular formula is C12H22O. The van der Waals surface area contributed by atoms with E-state index in [9.17, 15) is 5.11 Å². The van der Waals surface area contributed by atoms with Crippen molar-refractivity contribution in [3.8, 4) is 0 Å². The van der Waals surface area contributed by atoms with Gasteiger partial charge >= 0.3 is 0 Å². The maximum atomic E-state index is 9.45. The van der Waals surface area contributed by atoms with Gasteiger partial charge in [0.05, 0.1) is 6.10 Å². The molecule has 0 aromatic heterocycles. The standard InChI is InChI=1S/C12H22O/c1-3-5-7-9-11-12(13)10-8-6-4-2/h4,6,8,10,12-13H,3,5,7,9,11H2,1-2H3/b6-4+,10-8+. The molecule has 0 heterocycles. The average molecular weight is 182 g/mol. The van der Waals surface area contributed by atoms with E-state index in [2.05, 4.69) is 6.92 Å². The summed E-state index contributed by atoms with van der Waals surface area (Å²) in [5.74, 6) is 0. The largest absolute Gasteiger partial charge is 0.389 e. The minimum absolute atomic E-state index is 0.256. The van der Waals surface area contributed by atoms with Gasteiger partial charge in [0, 0.05) is 0 Å². The summed E-state index contributed by atoms with van der Waals surface area (Å²) in [6, 6.07) is 0. The molecule has 1 unspecified atom stereocenters. The highest BCUT2D eigenvalue weighted by Gasteiger charge is 1.96. The Hall–Kier alpha value is -0.560. The van der Waals surface area contributed by atoms with Gasteiger partial charge in [-0.1, -0.05) is 56.9 Å². The van der Waals surface area contributed by atoms with E-state index >= 15 is 0 Å². The Labute approximate surface area is 82.2 Å². The van der Waals surface area contributed by atoms with Crippen LogP contribution in [0.3, 0.4) is 0 Å². The van der Waals surface area contributed by atoms with E-state index in [1.165, 1.54) is 19.3 Å². The fraction of sp³-hybridized carbons (Fsp3) is 0.667. The van der Waals surface area contributed by atoms with Crippen LogP contribution < -0.4 is 0 Å². The lowest BCUT2D eigenvalue weighted by Crippen LogP contribution is -2.00. The van der Waals surface area contributed by atoms with Crippen LogP contribution in [0.5, 0.6) is 0 Å².